The molecular weight excluding hydrogens is 326 g/mol. The van der Waals surface area contributed by atoms with Gasteiger partial charge in [0.2, 0.25) is 0 Å². The second-order valence-corrected chi connectivity index (χ2v) is 8.16. The fraction of sp³-hybridized carbons (Fsp3) is 0.692. The Hall–Kier alpha value is -0.980. The zero-order chi connectivity index (χ0) is 19.4. The summed E-state index contributed by atoms with van der Waals surface area (Å²) in [7, 11) is 0. The van der Waals surface area contributed by atoms with Crippen molar-refractivity contribution in [3.63, 3.8) is 0 Å². The molecule has 1 nitrogen and oxygen atoms in total. The topological polar surface area (TPSA) is 12.0 Å². The third-order valence-corrected chi connectivity index (χ3v) is 5.42. The Morgan fingerprint density at radius 2 is 1.04 bits per heavy atom. The molecule has 0 saturated heterocycles. The van der Waals surface area contributed by atoms with E-state index in [-0.39, 0.29) is 0 Å². The van der Waals surface area contributed by atoms with E-state index < -0.39 is 0 Å². The maximum Gasteiger partial charge on any atom is 0.0462 e. The van der Waals surface area contributed by atoms with E-state index in [4.69, 9.17) is 0 Å². The van der Waals surface area contributed by atoms with E-state index in [2.05, 4.69) is 50.0 Å². The molecule has 154 valence electrons. The van der Waals surface area contributed by atoms with Gasteiger partial charge in [-0.05, 0) is 25.5 Å². The molecule has 0 heterocycles. The summed E-state index contributed by atoms with van der Waals surface area (Å²) in [4.78, 5) is 0. The van der Waals surface area contributed by atoms with Crippen LogP contribution in [-0.2, 0) is 0 Å². The normalized spacial score (nSPS) is 11.0. The van der Waals surface area contributed by atoms with Gasteiger partial charge < -0.3 is 5.32 Å². The van der Waals surface area contributed by atoms with Gasteiger partial charge in [0.05, 0.1) is 0 Å². The number of nitrogens with one attached hydrogen (secondary N) is 1. The molecule has 0 aromatic heterocycles. The molecule has 1 N–H and O–H groups in total. The zero-order valence-corrected chi connectivity index (χ0v) is 18.1. The Kier molecular flexibility index (Phi) is 16.4. The van der Waals surface area contributed by atoms with Crippen LogP contribution >= 0.6 is 0 Å². The summed E-state index contributed by atoms with van der Waals surface area (Å²) >= 11 is 0. The Morgan fingerprint density at radius 3 is 1.48 bits per heavy atom. The standard InChI is InChI=1S/C26H45N/c1-3-4-5-6-7-8-9-10-11-12-13-14-15-16-17-18-19-24-27-26-22-20-25(2)21-23-26/h20-24,27H,1,3-19H2,2H3. The summed E-state index contributed by atoms with van der Waals surface area (Å²) in [5.41, 5.74) is 2.52. The highest BCUT2D eigenvalue weighted by atomic mass is 14.9. The predicted octanol–water partition coefficient (Wildman–Crippen LogP) is 9.03. The first-order valence-corrected chi connectivity index (χ1v) is 11.8. The van der Waals surface area contributed by atoms with Gasteiger partial charge in [0, 0.05) is 12.2 Å². The van der Waals surface area contributed by atoms with Gasteiger partial charge in [0.25, 0.3) is 0 Å². The van der Waals surface area contributed by atoms with E-state index in [1.807, 2.05) is 0 Å². The van der Waals surface area contributed by atoms with Gasteiger partial charge in [0.1, 0.15) is 0 Å². The lowest BCUT2D eigenvalue weighted by molar-refractivity contribution is 0.530. The molecule has 1 aromatic carbocycles. The first-order chi connectivity index (χ1) is 13.3. The Morgan fingerprint density at radius 1 is 0.630 bits per heavy atom. The quantitative estimate of drug-likeness (QED) is 0.239. The molecule has 27 heavy (non-hydrogen) atoms. The van der Waals surface area contributed by atoms with E-state index in [1.165, 1.54) is 114 Å². The van der Waals surface area contributed by atoms with Gasteiger partial charge in [-0.2, -0.15) is 0 Å². The second kappa shape index (κ2) is 18.4. The van der Waals surface area contributed by atoms with Crippen LogP contribution in [0.3, 0.4) is 0 Å². The predicted molar refractivity (Wildman–Crippen MR) is 123 cm³/mol. The van der Waals surface area contributed by atoms with Crippen molar-refractivity contribution in [1.82, 2.24) is 0 Å². The molecule has 0 unspecified atom stereocenters. The molecule has 0 aliphatic heterocycles. The molecule has 0 amide bonds. The first kappa shape index (κ1) is 24.1. The van der Waals surface area contributed by atoms with Crippen molar-refractivity contribution < 1.29 is 0 Å². The van der Waals surface area contributed by atoms with Gasteiger partial charge in [-0.1, -0.05) is 127 Å². The minimum atomic E-state index is 1.11. The third-order valence-electron chi connectivity index (χ3n) is 5.42. The van der Waals surface area contributed by atoms with Crippen molar-refractivity contribution in [2.75, 3.05) is 5.32 Å². The molecule has 0 bridgehead atoms. The van der Waals surface area contributed by atoms with Crippen LogP contribution in [0.4, 0.5) is 5.69 Å². The molecule has 0 atom stereocenters. The highest BCUT2D eigenvalue weighted by molar-refractivity contribution is 5.45. The van der Waals surface area contributed by atoms with Crippen LogP contribution in [0.15, 0.2) is 24.3 Å². The SMILES string of the molecule is [CH2]CCCCCCCCCCCCCCCCC[CH]Nc1ccc(C)cc1. The summed E-state index contributed by atoms with van der Waals surface area (Å²) in [6.45, 7) is 8.25. The number of hydrogen-bond acceptors (Lipinski definition) is 1. The minimum Gasteiger partial charge on any atom is -0.380 e. The second-order valence-electron chi connectivity index (χ2n) is 8.16. The smallest absolute Gasteiger partial charge is 0.0462 e. The van der Waals surface area contributed by atoms with E-state index >= 15 is 0 Å². The van der Waals surface area contributed by atoms with E-state index in [1.54, 1.807) is 0 Å². The molecule has 2 radical (unpaired) electrons. The van der Waals surface area contributed by atoms with Gasteiger partial charge in [0.15, 0.2) is 0 Å². The number of anilines is 1. The van der Waals surface area contributed by atoms with Gasteiger partial charge in [-0.15, -0.1) is 0 Å². The fourth-order valence-corrected chi connectivity index (χ4v) is 3.56. The van der Waals surface area contributed by atoms with Crippen LogP contribution in [0.2, 0.25) is 0 Å². The maximum absolute atomic E-state index is 3.91. The van der Waals surface area contributed by atoms with Crippen molar-refractivity contribution in [2.24, 2.45) is 0 Å². The molecule has 0 saturated carbocycles. The lowest BCUT2D eigenvalue weighted by Crippen LogP contribution is -1.94. The van der Waals surface area contributed by atoms with Gasteiger partial charge >= 0.3 is 0 Å². The number of aryl methyl sites for hydroxylation is 1. The summed E-state index contributed by atoms with van der Waals surface area (Å²) in [5, 5.41) is 3.40. The van der Waals surface area contributed by atoms with Crippen LogP contribution in [0.5, 0.6) is 0 Å². The summed E-state index contributed by atoms with van der Waals surface area (Å²) in [5.74, 6) is 0. The van der Waals surface area contributed by atoms with Crippen LogP contribution in [0.1, 0.15) is 115 Å². The lowest BCUT2D eigenvalue weighted by atomic mass is 10.0. The van der Waals surface area contributed by atoms with Gasteiger partial charge in [-0.25, -0.2) is 0 Å². The lowest BCUT2D eigenvalue weighted by Gasteiger charge is -2.06. The maximum atomic E-state index is 3.91. The highest BCUT2D eigenvalue weighted by Crippen LogP contribution is 2.15. The number of unbranched alkanes of at least 4 members (excludes halogenated alkanes) is 16. The molecular formula is C26H45N. The summed E-state index contributed by atoms with van der Waals surface area (Å²) in [6, 6.07) is 8.61. The number of hydrogen-bond donors (Lipinski definition) is 1. The Labute approximate surface area is 170 Å². The van der Waals surface area contributed by atoms with Crippen LogP contribution in [-0.4, -0.2) is 0 Å². The molecule has 0 aliphatic rings. The van der Waals surface area contributed by atoms with Crippen molar-refractivity contribution in [1.29, 1.82) is 0 Å². The van der Waals surface area contributed by atoms with E-state index in [0.29, 0.717) is 0 Å². The average Bonchev–Trinajstić information content (AvgIpc) is 2.68. The highest BCUT2D eigenvalue weighted by Gasteiger charge is 1.96. The van der Waals surface area contributed by atoms with E-state index in [0.717, 1.165) is 6.42 Å². The molecule has 0 spiro atoms. The number of rotatable bonds is 19. The Balaban J connectivity index is 1.71. The number of benzene rings is 1. The molecule has 1 aromatic rings. The molecule has 1 rings (SSSR count). The Bertz CT molecular complexity index is 409. The van der Waals surface area contributed by atoms with Crippen molar-refractivity contribution >= 4 is 5.69 Å². The first-order valence-electron chi connectivity index (χ1n) is 11.8. The van der Waals surface area contributed by atoms with Crippen molar-refractivity contribution in [3.8, 4) is 0 Å². The van der Waals surface area contributed by atoms with E-state index in [9.17, 15) is 0 Å². The van der Waals surface area contributed by atoms with Crippen LogP contribution in [0, 0.1) is 20.4 Å². The molecule has 0 fully saturated rings. The van der Waals surface area contributed by atoms with Crippen molar-refractivity contribution in [3.05, 3.63) is 43.3 Å². The van der Waals surface area contributed by atoms with Crippen LogP contribution < -0.4 is 5.32 Å². The minimum absolute atomic E-state index is 1.11. The summed E-state index contributed by atoms with van der Waals surface area (Å²) in [6.07, 6.45) is 23.6. The monoisotopic (exact) mass is 371 g/mol. The average molecular weight is 372 g/mol. The zero-order valence-electron chi connectivity index (χ0n) is 18.1. The van der Waals surface area contributed by atoms with Crippen LogP contribution in [0.25, 0.3) is 0 Å². The summed E-state index contributed by atoms with van der Waals surface area (Å²) < 4.78 is 0. The largest absolute Gasteiger partial charge is 0.380 e. The fourth-order valence-electron chi connectivity index (χ4n) is 3.56. The molecule has 0 aliphatic carbocycles. The molecule has 1 heteroatoms. The van der Waals surface area contributed by atoms with Gasteiger partial charge in [-0.3, -0.25) is 0 Å². The third kappa shape index (κ3) is 15.7. The van der Waals surface area contributed by atoms with Crippen molar-refractivity contribution in [2.45, 2.75) is 116 Å².